The number of fused-ring (bicyclic) bond motifs is 1. The highest BCUT2D eigenvalue weighted by Crippen LogP contribution is 2.36. The predicted octanol–water partition coefficient (Wildman–Crippen LogP) is 4.61. The van der Waals surface area contributed by atoms with Crippen molar-refractivity contribution in [1.82, 2.24) is 14.9 Å². The van der Waals surface area contributed by atoms with Gasteiger partial charge in [-0.1, -0.05) is 30.3 Å². The largest absolute Gasteiger partial charge is 0.367 e. The van der Waals surface area contributed by atoms with E-state index in [0.717, 1.165) is 63.8 Å². The highest BCUT2D eigenvalue weighted by atomic mass is 79.9. The van der Waals surface area contributed by atoms with E-state index < -0.39 is 0 Å². The monoisotopic (exact) mass is 480 g/mol. The number of carbonyl (C=O) groups excluding carboxylic acids is 2. The minimum atomic E-state index is -0.259. The van der Waals surface area contributed by atoms with Crippen LogP contribution in [0, 0.1) is 0 Å². The fourth-order valence-electron chi connectivity index (χ4n) is 4.68. The van der Waals surface area contributed by atoms with Crippen LogP contribution in [0.3, 0.4) is 0 Å². The molecule has 1 aliphatic carbocycles. The first-order chi connectivity index (χ1) is 15.1. The van der Waals surface area contributed by atoms with Crippen LogP contribution in [0.1, 0.15) is 59.5 Å². The lowest BCUT2D eigenvalue weighted by atomic mass is 9.98. The Balaban J connectivity index is 1.65. The zero-order valence-corrected chi connectivity index (χ0v) is 19.0. The molecule has 160 valence electrons. The van der Waals surface area contributed by atoms with Gasteiger partial charge < -0.3 is 9.80 Å². The van der Waals surface area contributed by atoms with Gasteiger partial charge >= 0.3 is 0 Å². The van der Waals surface area contributed by atoms with Crippen molar-refractivity contribution in [1.29, 1.82) is 0 Å². The lowest BCUT2D eigenvalue weighted by molar-refractivity contribution is 0.0934. The summed E-state index contributed by atoms with van der Waals surface area (Å²) in [6, 6.07) is 9.81. The van der Waals surface area contributed by atoms with Crippen molar-refractivity contribution in [3.05, 3.63) is 51.9 Å². The SMILES string of the molecule is O=C1C(Br)=C(N2CCCCC2)C(=O)c2nc(N3CCCCC3)c(-c3ccccc3)nc21. The number of ketones is 2. The van der Waals surface area contributed by atoms with E-state index >= 15 is 0 Å². The summed E-state index contributed by atoms with van der Waals surface area (Å²) in [6.07, 6.45) is 6.57. The molecule has 0 radical (unpaired) electrons. The molecule has 0 bridgehead atoms. The van der Waals surface area contributed by atoms with E-state index in [1.165, 1.54) is 6.42 Å². The van der Waals surface area contributed by atoms with Crippen LogP contribution in [0.5, 0.6) is 0 Å². The normalized spacial score (nSPS) is 19.6. The summed E-state index contributed by atoms with van der Waals surface area (Å²) < 4.78 is 0.311. The number of benzene rings is 1. The molecule has 0 amide bonds. The lowest BCUT2D eigenvalue weighted by Crippen LogP contribution is -2.38. The number of nitrogens with zero attached hydrogens (tertiary/aromatic N) is 4. The first-order valence-corrected chi connectivity index (χ1v) is 11.9. The molecule has 3 aliphatic rings. The average molecular weight is 481 g/mol. The zero-order valence-electron chi connectivity index (χ0n) is 17.4. The molecular formula is C24H25BrN4O2. The van der Waals surface area contributed by atoms with Gasteiger partial charge in [0.15, 0.2) is 5.82 Å². The number of aromatic nitrogens is 2. The molecule has 2 aliphatic heterocycles. The molecule has 1 aromatic heterocycles. The van der Waals surface area contributed by atoms with Crippen LogP contribution in [0.15, 0.2) is 40.5 Å². The van der Waals surface area contributed by atoms with Crippen molar-refractivity contribution in [2.45, 2.75) is 38.5 Å². The first kappa shape index (κ1) is 20.4. The Labute approximate surface area is 190 Å². The van der Waals surface area contributed by atoms with E-state index in [0.29, 0.717) is 21.7 Å². The van der Waals surface area contributed by atoms with Crippen molar-refractivity contribution in [3.63, 3.8) is 0 Å². The Hall–Kier alpha value is -2.54. The summed E-state index contributed by atoms with van der Waals surface area (Å²) in [4.78, 5) is 40.7. The molecule has 0 spiro atoms. The quantitative estimate of drug-likeness (QED) is 0.638. The van der Waals surface area contributed by atoms with Crippen LogP contribution in [0.25, 0.3) is 11.3 Å². The van der Waals surface area contributed by atoms with Crippen LogP contribution < -0.4 is 4.90 Å². The standard InChI is InChI=1S/C24H25BrN4O2/c25-17-21(28-12-6-2-7-13-28)23(31)20-19(22(17)30)26-18(16-10-4-1-5-11-16)24(27-20)29-14-8-3-9-15-29/h1,4-5,10-11H,2-3,6-9,12-15H2. The Morgan fingerprint density at radius 2 is 1.26 bits per heavy atom. The van der Waals surface area contributed by atoms with Crippen LogP contribution >= 0.6 is 15.9 Å². The summed E-state index contributed by atoms with van der Waals surface area (Å²) in [5.74, 6) is 0.251. The number of hydrogen-bond acceptors (Lipinski definition) is 6. The molecule has 0 saturated carbocycles. The maximum Gasteiger partial charge on any atom is 0.231 e. The molecule has 2 aromatic rings. The molecule has 1 aromatic carbocycles. The lowest BCUT2D eigenvalue weighted by Gasteiger charge is -2.33. The first-order valence-electron chi connectivity index (χ1n) is 11.1. The van der Waals surface area contributed by atoms with E-state index in [4.69, 9.17) is 9.97 Å². The fourth-order valence-corrected chi connectivity index (χ4v) is 5.30. The molecule has 2 saturated heterocycles. The Morgan fingerprint density at radius 1 is 0.677 bits per heavy atom. The number of Topliss-reactive ketones (excluding diaryl/α,β-unsaturated/α-hetero) is 2. The third-order valence-corrected chi connectivity index (χ3v) is 7.04. The van der Waals surface area contributed by atoms with Gasteiger partial charge in [0.2, 0.25) is 11.6 Å². The maximum atomic E-state index is 13.6. The van der Waals surface area contributed by atoms with Gasteiger partial charge in [0.05, 0.1) is 4.48 Å². The van der Waals surface area contributed by atoms with Gasteiger partial charge in [-0.3, -0.25) is 9.59 Å². The molecular weight excluding hydrogens is 456 g/mol. The van der Waals surface area contributed by atoms with Crippen molar-refractivity contribution in [3.8, 4) is 11.3 Å². The summed E-state index contributed by atoms with van der Waals surface area (Å²) in [6.45, 7) is 3.34. The van der Waals surface area contributed by atoms with Crippen molar-refractivity contribution in [2.24, 2.45) is 0 Å². The van der Waals surface area contributed by atoms with Gasteiger partial charge in [-0.25, -0.2) is 9.97 Å². The Bertz CT molecular complexity index is 1050. The minimum Gasteiger partial charge on any atom is -0.367 e. The molecule has 7 heteroatoms. The highest BCUT2D eigenvalue weighted by Gasteiger charge is 2.38. The van der Waals surface area contributed by atoms with Gasteiger partial charge in [-0.05, 0) is 54.5 Å². The molecule has 6 nitrogen and oxygen atoms in total. The average Bonchev–Trinajstić information content (AvgIpc) is 2.84. The van der Waals surface area contributed by atoms with Gasteiger partial charge in [0.1, 0.15) is 22.8 Å². The maximum absolute atomic E-state index is 13.6. The highest BCUT2D eigenvalue weighted by molar-refractivity contribution is 9.12. The second-order valence-electron chi connectivity index (χ2n) is 8.38. The van der Waals surface area contributed by atoms with E-state index in [-0.39, 0.29) is 23.0 Å². The molecule has 5 rings (SSSR count). The number of likely N-dealkylation sites (tertiary alicyclic amines) is 1. The number of halogens is 1. The van der Waals surface area contributed by atoms with E-state index in [9.17, 15) is 9.59 Å². The Morgan fingerprint density at radius 3 is 1.90 bits per heavy atom. The summed E-state index contributed by atoms with van der Waals surface area (Å²) in [7, 11) is 0. The van der Waals surface area contributed by atoms with Crippen LogP contribution in [-0.4, -0.2) is 52.6 Å². The van der Waals surface area contributed by atoms with Gasteiger partial charge in [0.25, 0.3) is 0 Å². The van der Waals surface area contributed by atoms with E-state index in [2.05, 4.69) is 20.8 Å². The number of piperidine rings is 2. The summed E-state index contributed by atoms with van der Waals surface area (Å²) in [5.41, 5.74) is 2.36. The smallest absolute Gasteiger partial charge is 0.231 e. The summed E-state index contributed by atoms with van der Waals surface area (Å²) in [5, 5.41) is 0. The second-order valence-corrected chi connectivity index (χ2v) is 9.17. The minimum absolute atomic E-state index is 0.150. The third-order valence-electron chi connectivity index (χ3n) is 6.31. The van der Waals surface area contributed by atoms with Crippen LogP contribution in [0.4, 0.5) is 5.82 Å². The third kappa shape index (κ3) is 3.69. The van der Waals surface area contributed by atoms with E-state index in [1.54, 1.807) is 0 Å². The van der Waals surface area contributed by atoms with Crippen molar-refractivity contribution < 1.29 is 9.59 Å². The van der Waals surface area contributed by atoms with Crippen molar-refractivity contribution in [2.75, 3.05) is 31.1 Å². The van der Waals surface area contributed by atoms with E-state index in [1.807, 2.05) is 35.2 Å². The van der Waals surface area contributed by atoms with Crippen LogP contribution in [-0.2, 0) is 0 Å². The number of hydrogen-bond donors (Lipinski definition) is 0. The molecule has 3 heterocycles. The molecule has 31 heavy (non-hydrogen) atoms. The zero-order chi connectivity index (χ0) is 21.4. The van der Waals surface area contributed by atoms with Crippen LogP contribution in [0.2, 0.25) is 0 Å². The van der Waals surface area contributed by atoms with Crippen molar-refractivity contribution >= 4 is 33.3 Å². The Kier molecular flexibility index (Phi) is 5.61. The number of anilines is 1. The van der Waals surface area contributed by atoms with Gasteiger partial charge in [0, 0.05) is 31.7 Å². The summed E-state index contributed by atoms with van der Waals surface area (Å²) >= 11 is 3.43. The number of carbonyl (C=O) groups is 2. The fraction of sp³-hybridized carbons (Fsp3) is 0.417. The number of rotatable bonds is 3. The predicted molar refractivity (Wildman–Crippen MR) is 124 cm³/mol. The number of allylic oxidation sites excluding steroid dienone is 2. The molecule has 0 unspecified atom stereocenters. The molecule has 0 N–H and O–H groups in total. The van der Waals surface area contributed by atoms with Gasteiger partial charge in [-0.2, -0.15) is 0 Å². The topological polar surface area (TPSA) is 66.4 Å². The molecule has 2 fully saturated rings. The van der Waals surface area contributed by atoms with Gasteiger partial charge in [-0.15, -0.1) is 0 Å². The second kappa shape index (κ2) is 8.54. The molecule has 0 atom stereocenters.